The minimum Gasteiger partial charge on any atom is -0.394 e. The van der Waals surface area contributed by atoms with Gasteiger partial charge in [0.1, 0.15) is 0 Å². The number of aliphatic hydroxyl groups excluding tert-OH is 2. The molecule has 0 aliphatic carbocycles. The van der Waals surface area contributed by atoms with E-state index < -0.39 is 12.1 Å². The largest absolute Gasteiger partial charge is 0.394 e. The molecular formula is C30H57NO3. The van der Waals surface area contributed by atoms with Crippen LogP contribution in [0.1, 0.15) is 142 Å². The summed E-state index contributed by atoms with van der Waals surface area (Å²) in [6.45, 7) is 4.20. The van der Waals surface area contributed by atoms with Crippen LogP contribution in [0.15, 0.2) is 24.3 Å². The van der Waals surface area contributed by atoms with Gasteiger partial charge in [0.15, 0.2) is 0 Å². The number of carbonyl (C=O) groups excluding carboxylic acids is 1. The molecule has 0 aromatic rings. The number of rotatable bonds is 25. The number of hydrogen-bond acceptors (Lipinski definition) is 3. The minimum atomic E-state index is -0.835. The number of hydrogen-bond donors (Lipinski definition) is 3. The van der Waals surface area contributed by atoms with Gasteiger partial charge in [0.2, 0.25) is 5.91 Å². The zero-order valence-corrected chi connectivity index (χ0v) is 22.6. The maximum absolute atomic E-state index is 12.2. The fraction of sp³-hybridized carbons (Fsp3) is 0.833. The lowest BCUT2D eigenvalue weighted by Crippen LogP contribution is -2.45. The first-order chi connectivity index (χ1) is 16.7. The van der Waals surface area contributed by atoms with Gasteiger partial charge in [-0.05, 0) is 38.5 Å². The molecule has 200 valence electrons. The number of aliphatic hydroxyl groups is 2. The van der Waals surface area contributed by atoms with E-state index in [-0.39, 0.29) is 12.5 Å². The van der Waals surface area contributed by atoms with E-state index in [0.29, 0.717) is 6.42 Å². The molecule has 0 aromatic carbocycles. The van der Waals surface area contributed by atoms with Crippen LogP contribution in [-0.2, 0) is 4.79 Å². The summed E-state index contributed by atoms with van der Waals surface area (Å²) in [5.74, 6) is -0.0799. The van der Waals surface area contributed by atoms with Crippen LogP contribution in [0.25, 0.3) is 0 Å². The Labute approximate surface area is 211 Å². The van der Waals surface area contributed by atoms with E-state index >= 15 is 0 Å². The molecule has 2 unspecified atom stereocenters. The first kappa shape index (κ1) is 32.9. The Morgan fingerprint density at radius 1 is 0.676 bits per heavy atom. The van der Waals surface area contributed by atoms with Gasteiger partial charge in [-0.25, -0.2) is 0 Å². The van der Waals surface area contributed by atoms with Crippen LogP contribution in [0.3, 0.4) is 0 Å². The lowest BCUT2D eigenvalue weighted by molar-refractivity contribution is -0.123. The standard InChI is InChI=1S/C30H57NO3/c1-3-5-7-9-11-13-15-16-17-19-21-23-25-29(33)28(27-32)31-30(34)26-24-22-20-18-14-12-10-8-6-4-2/h8,10,23,25,28-29,32-33H,3-7,9,11-22,24,26-27H2,1-2H3,(H,31,34)/b10-8-,25-23+. The van der Waals surface area contributed by atoms with Gasteiger partial charge in [-0.1, -0.05) is 122 Å². The summed E-state index contributed by atoms with van der Waals surface area (Å²) in [7, 11) is 0. The van der Waals surface area contributed by atoms with Crippen LogP contribution in [0.4, 0.5) is 0 Å². The van der Waals surface area contributed by atoms with Crippen LogP contribution in [-0.4, -0.2) is 34.9 Å². The predicted molar refractivity (Wildman–Crippen MR) is 147 cm³/mol. The lowest BCUT2D eigenvalue weighted by atomic mass is 10.1. The Bertz CT molecular complexity index is 489. The molecule has 4 nitrogen and oxygen atoms in total. The Kier molecular flexibility index (Phi) is 25.6. The van der Waals surface area contributed by atoms with Gasteiger partial charge < -0.3 is 15.5 Å². The Morgan fingerprint density at radius 2 is 1.18 bits per heavy atom. The van der Waals surface area contributed by atoms with E-state index in [1.54, 1.807) is 6.08 Å². The Balaban J connectivity index is 3.72. The maximum atomic E-state index is 12.2. The highest BCUT2D eigenvalue weighted by Crippen LogP contribution is 2.12. The molecule has 0 aromatic heterocycles. The number of amides is 1. The van der Waals surface area contributed by atoms with E-state index in [2.05, 4.69) is 31.3 Å². The molecule has 0 saturated carbocycles. The van der Waals surface area contributed by atoms with Gasteiger partial charge in [0.05, 0.1) is 18.8 Å². The topological polar surface area (TPSA) is 69.6 Å². The fourth-order valence-electron chi connectivity index (χ4n) is 4.12. The third kappa shape index (κ3) is 22.7. The van der Waals surface area contributed by atoms with E-state index in [1.807, 2.05) is 6.08 Å². The van der Waals surface area contributed by atoms with Crippen molar-refractivity contribution in [1.29, 1.82) is 0 Å². The van der Waals surface area contributed by atoms with Crippen molar-refractivity contribution in [3.05, 3.63) is 24.3 Å². The van der Waals surface area contributed by atoms with Gasteiger partial charge in [0.25, 0.3) is 0 Å². The molecular weight excluding hydrogens is 422 g/mol. The van der Waals surface area contributed by atoms with Crippen molar-refractivity contribution in [2.45, 2.75) is 154 Å². The molecule has 0 aliphatic heterocycles. The van der Waals surface area contributed by atoms with Crippen LogP contribution < -0.4 is 5.32 Å². The first-order valence-corrected chi connectivity index (χ1v) is 14.6. The van der Waals surface area contributed by atoms with Crippen molar-refractivity contribution >= 4 is 5.91 Å². The van der Waals surface area contributed by atoms with Crippen molar-refractivity contribution in [1.82, 2.24) is 5.32 Å². The average Bonchev–Trinajstić information content (AvgIpc) is 2.84. The molecule has 3 N–H and O–H groups in total. The van der Waals surface area contributed by atoms with Crippen LogP contribution in [0, 0.1) is 0 Å². The molecule has 0 fully saturated rings. The summed E-state index contributed by atoms with van der Waals surface area (Å²) in [6, 6.07) is -0.619. The van der Waals surface area contributed by atoms with Gasteiger partial charge in [-0.3, -0.25) is 4.79 Å². The Morgan fingerprint density at radius 3 is 1.74 bits per heavy atom. The number of nitrogens with one attached hydrogen (secondary N) is 1. The fourth-order valence-corrected chi connectivity index (χ4v) is 4.12. The highest BCUT2D eigenvalue weighted by atomic mass is 16.3. The molecule has 0 aliphatic rings. The van der Waals surface area contributed by atoms with Gasteiger partial charge in [-0.15, -0.1) is 0 Å². The molecule has 2 atom stereocenters. The lowest BCUT2D eigenvalue weighted by Gasteiger charge is -2.20. The summed E-state index contributed by atoms with van der Waals surface area (Å²) < 4.78 is 0. The molecule has 1 amide bonds. The van der Waals surface area contributed by atoms with Crippen LogP contribution in [0.2, 0.25) is 0 Å². The van der Waals surface area contributed by atoms with Crippen molar-refractivity contribution in [2.75, 3.05) is 6.61 Å². The maximum Gasteiger partial charge on any atom is 0.220 e. The summed E-state index contributed by atoms with van der Waals surface area (Å²) in [5, 5.41) is 22.7. The smallest absolute Gasteiger partial charge is 0.220 e. The molecule has 0 saturated heterocycles. The van der Waals surface area contributed by atoms with Gasteiger partial charge in [0, 0.05) is 6.42 Å². The monoisotopic (exact) mass is 479 g/mol. The second kappa shape index (κ2) is 26.5. The molecule has 0 radical (unpaired) electrons. The quantitative estimate of drug-likeness (QED) is 0.0924. The molecule has 34 heavy (non-hydrogen) atoms. The zero-order valence-electron chi connectivity index (χ0n) is 22.6. The van der Waals surface area contributed by atoms with Gasteiger partial charge >= 0.3 is 0 Å². The van der Waals surface area contributed by atoms with Crippen molar-refractivity contribution in [3.8, 4) is 0 Å². The molecule has 0 heterocycles. The van der Waals surface area contributed by atoms with Crippen molar-refractivity contribution < 1.29 is 15.0 Å². The van der Waals surface area contributed by atoms with E-state index in [9.17, 15) is 15.0 Å². The predicted octanol–water partition coefficient (Wildman–Crippen LogP) is 7.78. The average molecular weight is 480 g/mol. The van der Waals surface area contributed by atoms with Crippen LogP contribution in [0.5, 0.6) is 0 Å². The van der Waals surface area contributed by atoms with Crippen molar-refractivity contribution in [3.63, 3.8) is 0 Å². The summed E-state index contributed by atoms with van der Waals surface area (Å²) in [6.07, 6.45) is 31.0. The number of allylic oxidation sites excluding steroid dienone is 3. The normalized spacial score (nSPS) is 13.6. The molecule has 4 heteroatoms. The van der Waals surface area contributed by atoms with Crippen molar-refractivity contribution in [2.24, 2.45) is 0 Å². The highest BCUT2D eigenvalue weighted by Gasteiger charge is 2.17. The summed E-state index contributed by atoms with van der Waals surface area (Å²) in [4.78, 5) is 12.2. The van der Waals surface area contributed by atoms with E-state index in [0.717, 1.165) is 38.5 Å². The third-order valence-electron chi connectivity index (χ3n) is 6.41. The molecule has 0 bridgehead atoms. The Hall–Kier alpha value is -1.13. The highest BCUT2D eigenvalue weighted by molar-refractivity contribution is 5.76. The molecule has 0 spiro atoms. The summed E-state index contributed by atoms with van der Waals surface area (Å²) >= 11 is 0. The first-order valence-electron chi connectivity index (χ1n) is 14.6. The number of unbranched alkanes of at least 4 members (excludes halogenated alkanes) is 16. The van der Waals surface area contributed by atoms with E-state index in [1.165, 1.54) is 83.5 Å². The molecule has 0 rings (SSSR count). The second-order valence-corrected chi connectivity index (χ2v) is 9.81. The minimum absolute atomic E-state index is 0.0799. The van der Waals surface area contributed by atoms with E-state index in [4.69, 9.17) is 0 Å². The summed E-state index contributed by atoms with van der Waals surface area (Å²) in [5.41, 5.74) is 0. The third-order valence-corrected chi connectivity index (χ3v) is 6.41. The number of carbonyl (C=O) groups is 1. The zero-order chi connectivity index (χ0) is 25.1. The van der Waals surface area contributed by atoms with Gasteiger partial charge in [-0.2, -0.15) is 0 Å². The second-order valence-electron chi connectivity index (χ2n) is 9.81. The van der Waals surface area contributed by atoms with Crippen LogP contribution >= 0.6 is 0 Å². The SMILES string of the molecule is CCC/C=C\CCCCCCCC(=O)NC(CO)C(O)/C=C/CCCCCCCCCCCC.